The monoisotopic (exact) mass is 519 g/mol. The lowest BCUT2D eigenvalue weighted by Crippen LogP contribution is -2.27. The van der Waals surface area contributed by atoms with Gasteiger partial charge in [-0.15, -0.1) is 5.10 Å². The van der Waals surface area contributed by atoms with Gasteiger partial charge in [0.1, 0.15) is 29.6 Å². The number of aromatic nitrogens is 9. The van der Waals surface area contributed by atoms with Crippen molar-refractivity contribution < 1.29 is 23.6 Å². The second-order valence-corrected chi connectivity index (χ2v) is 10.8. The average molecular weight is 520 g/mol. The number of para-hydroxylation sites is 1. The first-order valence-corrected chi connectivity index (χ1v) is 12.2. The highest BCUT2D eigenvalue weighted by atomic mass is 16.8. The van der Waals surface area contributed by atoms with E-state index in [1.54, 1.807) is 10.9 Å². The van der Waals surface area contributed by atoms with Gasteiger partial charge >= 0.3 is 0 Å². The number of benzene rings is 1. The molecule has 5 aromatic rings. The van der Waals surface area contributed by atoms with E-state index in [0.717, 1.165) is 0 Å². The molecule has 0 amide bonds. The minimum absolute atomic E-state index is 0.214. The Kier molecular flexibility index (Phi) is 4.87. The van der Waals surface area contributed by atoms with E-state index in [4.69, 9.17) is 23.6 Å². The van der Waals surface area contributed by atoms with Gasteiger partial charge in [-0.1, -0.05) is 42.9 Å². The molecule has 2 aliphatic heterocycles. The molecule has 4 atom stereocenters. The van der Waals surface area contributed by atoms with Crippen molar-refractivity contribution in [1.29, 1.82) is 0 Å². The van der Waals surface area contributed by atoms with Crippen LogP contribution in [0, 0.1) is 0 Å². The Morgan fingerprint density at radius 3 is 2.66 bits per heavy atom. The van der Waals surface area contributed by atoms with Crippen molar-refractivity contribution in [2.75, 3.05) is 0 Å². The molecule has 0 aliphatic carbocycles. The van der Waals surface area contributed by atoms with Crippen molar-refractivity contribution in [2.24, 2.45) is 0 Å². The van der Waals surface area contributed by atoms with Crippen LogP contribution in [-0.4, -0.2) is 62.8 Å². The molecule has 38 heavy (non-hydrogen) atoms. The molecule has 0 radical (unpaired) electrons. The number of fused-ring (bicyclic) bond motifs is 3. The summed E-state index contributed by atoms with van der Waals surface area (Å²) in [5, 5.41) is 12.3. The lowest BCUT2D eigenvalue weighted by Gasteiger charge is -2.23. The molecule has 1 aromatic carbocycles. The lowest BCUT2D eigenvalue weighted by atomic mass is 9.96. The molecule has 2 fully saturated rings. The standard InChI is InChI=1S/C24H25N9O5/c1-23(2,3)22-28-20(37-30-22)16-15-17(36-24(4,5)35-15)21(34-16)32-11-27-14-18(32)25-10-26-19(14)38-33-13-9-7-6-8-12(13)29-31-33/h6-11,15-17,21H,1-5H3/t15-,16-,17+,21+/m0/s1. The van der Waals surface area contributed by atoms with Crippen molar-refractivity contribution in [3.8, 4) is 5.88 Å². The van der Waals surface area contributed by atoms with E-state index >= 15 is 0 Å². The minimum Gasteiger partial charge on any atom is -0.341 e. The molecule has 14 nitrogen and oxygen atoms in total. The van der Waals surface area contributed by atoms with Gasteiger partial charge in [-0.3, -0.25) is 4.57 Å². The summed E-state index contributed by atoms with van der Waals surface area (Å²) in [6.45, 7) is 9.76. The predicted octanol–water partition coefficient (Wildman–Crippen LogP) is 2.88. The maximum Gasteiger partial charge on any atom is 0.280 e. The van der Waals surface area contributed by atoms with E-state index in [2.05, 4.69) is 35.4 Å². The Morgan fingerprint density at radius 1 is 1.03 bits per heavy atom. The molecule has 4 aromatic heterocycles. The van der Waals surface area contributed by atoms with Crippen molar-refractivity contribution >= 4 is 22.2 Å². The van der Waals surface area contributed by atoms with Gasteiger partial charge < -0.3 is 23.6 Å². The van der Waals surface area contributed by atoms with E-state index in [0.29, 0.717) is 33.9 Å². The molecule has 0 bridgehead atoms. The summed E-state index contributed by atoms with van der Waals surface area (Å²) in [5.74, 6) is 0.287. The third-order valence-corrected chi connectivity index (χ3v) is 6.48. The zero-order valence-corrected chi connectivity index (χ0v) is 21.3. The predicted molar refractivity (Wildman–Crippen MR) is 129 cm³/mol. The van der Waals surface area contributed by atoms with E-state index in [1.165, 1.54) is 11.2 Å². The van der Waals surface area contributed by atoms with Crippen LogP contribution in [0.2, 0.25) is 0 Å². The van der Waals surface area contributed by atoms with Gasteiger partial charge in [-0.2, -0.15) is 9.97 Å². The van der Waals surface area contributed by atoms with E-state index in [9.17, 15) is 0 Å². The Morgan fingerprint density at radius 2 is 1.84 bits per heavy atom. The molecule has 14 heteroatoms. The Bertz CT molecular complexity index is 1650. The van der Waals surface area contributed by atoms with Crippen molar-refractivity contribution in [1.82, 2.24) is 44.8 Å². The summed E-state index contributed by atoms with van der Waals surface area (Å²) in [4.78, 5) is 25.1. The van der Waals surface area contributed by atoms with Gasteiger partial charge in [0.05, 0.1) is 6.33 Å². The molecular formula is C24H25N9O5. The summed E-state index contributed by atoms with van der Waals surface area (Å²) in [7, 11) is 0. The first-order chi connectivity index (χ1) is 18.2. The number of hydrogen-bond donors (Lipinski definition) is 0. The first kappa shape index (κ1) is 23.1. The highest BCUT2D eigenvalue weighted by Crippen LogP contribution is 2.49. The normalized spacial score (nSPS) is 24.9. The third-order valence-electron chi connectivity index (χ3n) is 6.48. The minimum atomic E-state index is -0.837. The Labute approximate surface area is 215 Å². The fourth-order valence-electron chi connectivity index (χ4n) is 4.74. The van der Waals surface area contributed by atoms with Crippen molar-refractivity contribution in [2.45, 2.75) is 70.4 Å². The molecule has 196 valence electrons. The molecule has 0 unspecified atom stereocenters. The molecule has 2 aliphatic rings. The third kappa shape index (κ3) is 3.63. The Balaban J connectivity index is 1.25. The topological polar surface area (TPSA) is 150 Å². The Hall–Kier alpha value is -4.01. The molecular weight excluding hydrogens is 494 g/mol. The molecule has 2 saturated heterocycles. The van der Waals surface area contributed by atoms with Crippen LogP contribution in [0.1, 0.15) is 58.7 Å². The summed E-state index contributed by atoms with van der Waals surface area (Å²) < 4.78 is 26.3. The molecule has 0 N–H and O–H groups in total. The summed E-state index contributed by atoms with van der Waals surface area (Å²) in [5.41, 5.74) is 2.00. The fraction of sp³-hybridized carbons (Fsp3) is 0.458. The van der Waals surface area contributed by atoms with Gasteiger partial charge in [0.2, 0.25) is 0 Å². The van der Waals surface area contributed by atoms with E-state index in [1.807, 2.05) is 58.9 Å². The van der Waals surface area contributed by atoms with Gasteiger partial charge in [-0.05, 0) is 31.2 Å². The zero-order valence-electron chi connectivity index (χ0n) is 21.3. The van der Waals surface area contributed by atoms with Crippen LogP contribution >= 0.6 is 0 Å². The smallest absolute Gasteiger partial charge is 0.280 e. The maximum atomic E-state index is 6.44. The number of imidazole rings is 1. The van der Waals surface area contributed by atoms with Gasteiger partial charge in [0.25, 0.3) is 11.8 Å². The maximum absolute atomic E-state index is 6.44. The van der Waals surface area contributed by atoms with Gasteiger partial charge in [-0.25, -0.2) is 9.97 Å². The van der Waals surface area contributed by atoms with Crippen LogP contribution in [0.25, 0.3) is 22.2 Å². The van der Waals surface area contributed by atoms with Gasteiger partial charge in [0, 0.05) is 5.41 Å². The lowest BCUT2D eigenvalue weighted by molar-refractivity contribution is -0.199. The fourth-order valence-corrected chi connectivity index (χ4v) is 4.74. The second-order valence-electron chi connectivity index (χ2n) is 10.8. The SMILES string of the molecule is CC1(C)O[C@@H]2[C@@H](O1)[C@H](n1cnc3c(On4nnc5ccccc54)ncnc31)O[C@@H]2c1nc(C(C)(C)C)no1. The number of ether oxygens (including phenoxy) is 3. The second kappa shape index (κ2) is 7.99. The molecule has 6 heterocycles. The van der Waals surface area contributed by atoms with Crippen LogP contribution in [0.5, 0.6) is 5.88 Å². The molecule has 0 saturated carbocycles. The number of rotatable bonds is 4. The van der Waals surface area contributed by atoms with Crippen LogP contribution in [0.3, 0.4) is 0 Å². The van der Waals surface area contributed by atoms with Crippen LogP contribution in [-0.2, 0) is 19.6 Å². The molecule has 7 rings (SSSR count). The highest BCUT2D eigenvalue weighted by molar-refractivity contribution is 5.77. The van der Waals surface area contributed by atoms with Crippen molar-refractivity contribution in [3.05, 3.63) is 48.6 Å². The summed E-state index contributed by atoms with van der Waals surface area (Å²) in [6.07, 6.45) is 0.737. The van der Waals surface area contributed by atoms with Crippen molar-refractivity contribution in [3.63, 3.8) is 0 Å². The van der Waals surface area contributed by atoms with Crippen LogP contribution < -0.4 is 4.84 Å². The number of hydrogen-bond acceptors (Lipinski definition) is 12. The summed E-state index contributed by atoms with van der Waals surface area (Å²) >= 11 is 0. The quantitative estimate of drug-likeness (QED) is 0.343. The largest absolute Gasteiger partial charge is 0.341 e. The zero-order chi connectivity index (χ0) is 26.2. The highest BCUT2D eigenvalue weighted by Gasteiger charge is 2.58. The first-order valence-electron chi connectivity index (χ1n) is 12.2. The van der Waals surface area contributed by atoms with E-state index < -0.39 is 30.3 Å². The van der Waals surface area contributed by atoms with Gasteiger partial charge in [0.15, 0.2) is 35.1 Å². The summed E-state index contributed by atoms with van der Waals surface area (Å²) in [6, 6.07) is 7.44. The average Bonchev–Trinajstić information content (AvgIpc) is 3.67. The van der Waals surface area contributed by atoms with Crippen LogP contribution in [0.4, 0.5) is 0 Å². The number of nitrogens with zero attached hydrogens (tertiary/aromatic N) is 9. The van der Waals surface area contributed by atoms with E-state index in [-0.39, 0.29) is 11.3 Å². The van der Waals surface area contributed by atoms with Crippen LogP contribution in [0.15, 0.2) is 41.4 Å². The molecule has 0 spiro atoms.